The Morgan fingerprint density at radius 3 is 2.95 bits per heavy atom. The number of aryl methyl sites for hydroxylation is 1. The summed E-state index contributed by atoms with van der Waals surface area (Å²) in [5, 5.41) is 3.37. The van der Waals surface area contributed by atoms with Gasteiger partial charge in [-0.15, -0.1) is 0 Å². The molecule has 1 aliphatic heterocycles. The number of anilines is 1. The minimum Gasteiger partial charge on any atom is -0.385 e. The van der Waals surface area contributed by atoms with Crippen LogP contribution in [0.25, 0.3) is 0 Å². The van der Waals surface area contributed by atoms with Crippen LogP contribution < -0.4 is 14.8 Å². The fourth-order valence-electron chi connectivity index (χ4n) is 2.36. The molecule has 0 radical (unpaired) electrons. The van der Waals surface area contributed by atoms with Crippen molar-refractivity contribution in [3.63, 3.8) is 0 Å². The number of rotatable bonds is 5. The molecule has 19 heavy (non-hydrogen) atoms. The van der Waals surface area contributed by atoms with Crippen molar-refractivity contribution < 1.29 is 8.42 Å². The van der Waals surface area contributed by atoms with Crippen LogP contribution in [-0.2, 0) is 23.2 Å². The Morgan fingerprint density at radius 1 is 1.32 bits per heavy atom. The van der Waals surface area contributed by atoms with Gasteiger partial charge in [0.05, 0.1) is 0 Å². The lowest BCUT2D eigenvalue weighted by molar-refractivity contribution is 0.565. The topological polar surface area (TPSA) is 70.2 Å². The highest BCUT2D eigenvalue weighted by Gasteiger charge is 2.26. The Morgan fingerprint density at radius 2 is 2.16 bits per heavy atom. The second-order valence-corrected chi connectivity index (χ2v) is 6.73. The van der Waals surface area contributed by atoms with Gasteiger partial charge in [0.15, 0.2) is 0 Å². The first kappa shape index (κ1) is 12.9. The van der Waals surface area contributed by atoms with E-state index in [1.807, 2.05) is 12.1 Å². The zero-order chi connectivity index (χ0) is 13.3. The second kappa shape index (κ2) is 5.11. The van der Waals surface area contributed by atoms with E-state index >= 15 is 0 Å². The van der Waals surface area contributed by atoms with Crippen LogP contribution in [0.5, 0.6) is 0 Å². The lowest BCUT2D eigenvalue weighted by atomic mass is 9.99. The SMILES string of the molecule is O=S(=O)(NCc1cccc2c1NCCC2)NC1CC1. The van der Waals surface area contributed by atoms with E-state index in [0.29, 0.717) is 6.54 Å². The first-order chi connectivity index (χ1) is 9.14. The van der Waals surface area contributed by atoms with Crippen LogP contribution >= 0.6 is 0 Å². The van der Waals surface area contributed by atoms with Crippen LogP contribution in [0.2, 0.25) is 0 Å². The highest BCUT2D eigenvalue weighted by molar-refractivity contribution is 7.87. The highest BCUT2D eigenvalue weighted by Crippen LogP contribution is 2.26. The van der Waals surface area contributed by atoms with Crippen LogP contribution in [0.15, 0.2) is 18.2 Å². The van der Waals surface area contributed by atoms with Gasteiger partial charge in [-0.1, -0.05) is 18.2 Å². The molecule has 1 saturated carbocycles. The van der Waals surface area contributed by atoms with E-state index in [-0.39, 0.29) is 6.04 Å². The molecule has 1 fully saturated rings. The third-order valence-corrected chi connectivity index (χ3v) is 4.68. The van der Waals surface area contributed by atoms with Gasteiger partial charge in [-0.2, -0.15) is 17.9 Å². The molecule has 104 valence electrons. The molecule has 2 aliphatic rings. The van der Waals surface area contributed by atoms with Crippen molar-refractivity contribution in [3.8, 4) is 0 Å². The smallest absolute Gasteiger partial charge is 0.277 e. The number of hydrogen-bond acceptors (Lipinski definition) is 3. The van der Waals surface area contributed by atoms with Gasteiger partial charge >= 0.3 is 0 Å². The van der Waals surface area contributed by atoms with Gasteiger partial charge in [0.1, 0.15) is 0 Å². The molecular weight excluding hydrogens is 262 g/mol. The first-order valence-electron chi connectivity index (χ1n) is 6.75. The van der Waals surface area contributed by atoms with E-state index < -0.39 is 10.2 Å². The third kappa shape index (κ3) is 3.26. The molecule has 0 spiro atoms. The number of benzene rings is 1. The summed E-state index contributed by atoms with van der Waals surface area (Å²) in [5.74, 6) is 0. The average molecular weight is 281 g/mol. The second-order valence-electron chi connectivity index (χ2n) is 5.20. The predicted octanol–water partition coefficient (Wildman–Crippen LogP) is 1.13. The van der Waals surface area contributed by atoms with Crippen molar-refractivity contribution in [3.05, 3.63) is 29.3 Å². The summed E-state index contributed by atoms with van der Waals surface area (Å²) in [6.45, 7) is 1.29. The Kier molecular flexibility index (Phi) is 3.47. The molecular formula is C13H19N3O2S. The maximum absolute atomic E-state index is 11.8. The van der Waals surface area contributed by atoms with Crippen molar-refractivity contribution in [1.82, 2.24) is 9.44 Å². The minimum atomic E-state index is -3.37. The summed E-state index contributed by atoms with van der Waals surface area (Å²) in [5.41, 5.74) is 3.39. The molecule has 3 rings (SSSR count). The highest BCUT2D eigenvalue weighted by atomic mass is 32.2. The van der Waals surface area contributed by atoms with Crippen LogP contribution in [0.1, 0.15) is 30.4 Å². The van der Waals surface area contributed by atoms with Crippen LogP contribution in [0.3, 0.4) is 0 Å². The molecule has 0 unspecified atom stereocenters. The summed E-state index contributed by atoms with van der Waals surface area (Å²) in [6.07, 6.45) is 4.08. The van der Waals surface area contributed by atoms with Gasteiger partial charge in [-0.3, -0.25) is 0 Å². The number of nitrogens with one attached hydrogen (secondary N) is 3. The normalized spacial score (nSPS) is 18.7. The Hall–Kier alpha value is -1.11. The van der Waals surface area contributed by atoms with Gasteiger partial charge in [0, 0.05) is 24.8 Å². The fourth-order valence-corrected chi connectivity index (χ4v) is 3.47. The molecule has 3 N–H and O–H groups in total. The van der Waals surface area contributed by atoms with E-state index in [1.165, 1.54) is 5.56 Å². The molecule has 0 amide bonds. The summed E-state index contributed by atoms with van der Waals surface area (Å²) in [4.78, 5) is 0. The van der Waals surface area contributed by atoms with Crippen molar-refractivity contribution in [2.24, 2.45) is 0 Å². The van der Waals surface area contributed by atoms with E-state index in [0.717, 1.165) is 43.5 Å². The summed E-state index contributed by atoms with van der Waals surface area (Å²) < 4.78 is 28.8. The number of fused-ring (bicyclic) bond motifs is 1. The first-order valence-corrected chi connectivity index (χ1v) is 8.24. The molecule has 0 aromatic heterocycles. The van der Waals surface area contributed by atoms with E-state index in [1.54, 1.807) is 0 Å². The molecule has 6 heteroatoms. The van der Waals surface area contributed by atoms with Crippen LogP contribution in [0.4, 0.5) is 5.69 Å². The van der Waals surface area contributed by atoms with Crippen molar-refractivity contribution in [2.75, 3.05) is 11.9 Å². The summed E-state index contributed by atoms with van der Waals surface area (Å²) in [6, 6.07) is 6.20. The summed E-state index contributed by atoms with van der Waals surface area (Å²) in [7, 11) is -3.37. The molecule has 1 heterocycles. The van der Waals surface area contributed by atoms with E-state index in [9.17, 15) is 8.42 Å². The minimum absolute atomic E-state index is 0.139. The Bertz CT molecular complexity index is 567. The fraction of sp³-hybridized carbons (Fsp3) is 0.538. The Balaban J connectivity index is 1.69. The van der Waals surface area contributed by atoms with Gasteiger partial charge < -0.3 is 5.32 Å². The molecule has 1 aliphatic carbocycles. The zero-order valence-corrected chi connectivity index (χ0v) is 11.6. The third-order valence-electron chi connectivity index (χ3n) is 3.51. The van der Waals surface area contributed by atoms with Crippen LogP contribution in [0, 0.1) is 0 Å². The van der Waals surface area contributed by atoms with Gasteiger partial charge in [-0.05, 0) is 36.8 Å². The lowest BCUT2D eigenvalue weighted by Crippen LogP contribution is -2.37. The maximum Gasteiger partial charge on any atom is 0.277 e. The van der Waals surface area contributed by atoms with Crippen molar-refractivity contribution in [1.29, 1.82) is 0 Å². The molecule has 1 aromatic carbocycles. The van der Waals surface area contributed by atoms with Gasteiger partial charge in [0.25, 0.3) is 10.2 Å². The largest absolute Gasteiger partial charge is 0.385 e. The quantitative estimate of drug-likeness (QED) is 0.758. The number of para-hydroxylation sites is 1. The number of hydrogen-bond donors (Lipinski definition) is 3. The van der Waals surface area contributed by atoms with Crippen molar-refractivity contribution in [2.45, 2.75) is 38.3 Å². The monoisotopic (exact) mass is 281 g/mol. The Labute approximate surface area is 114 Å². The zero-order valence-electron chi connectivity index (χ0n) is 10.8. The van der Waals surface area contributed by atoms with Gasteiger partial charge in [-0.25, -0.2) is 0 Å². The molecule has 0 atom stereocenters. The van der Waals surface area contributed by atoms with Crippen LogP contribution in [-0.4, -0.2) is 21.0 Å². The summed E-state index contributed by atoms with van der Waals surface area (Å²) >= 11 is 0. The standard InChI is InChI=1S/C13H19N3O2S/c17-19(18,16-12-6-7-12)15-9-11-4-1-3-10-5-2-8-14-13(10)11/h1,3-4,12,14-16H,2,5-9H2. The average Bonchev–Trinajstić information content (AvgIpc) is 3.19. The molecule has 0 saturated heterocycles. The lowest BCUT2D eigenvalue weighted by Gasteiger charge is -2.21. The van der Waals surface area contributed by atoms with Gasteiger partial charge in [0.2, 0.25) is 0 Å². The molecule has 1 aromatic rings. The predicted molar refractivity (Wildman–Crippen MR) is 75.2 cm³/mol. The maximum atomic E-state index is 11.8. The molecule has 5 nitrogen and oxygen atoms in total. The molecule has 0 bridgehead atoms. The van der Waals surface area contributed by atoms with E-state index in [2.05, 4.69) is 20.8 Å². The van der Waals surface area contributed by atoms with Crippen molar-refractivity contribution >= 4 is 15.9 Å². The van der Waals surface area contributed by atoms with E-state index in [4.69, 9.17) is 0 Å².